The van der Waals surface area contributed by atoms with Crippen LogP contribution in [0.3, 0.4) is 0 Å². The second-order valence-corrected chi connectivity index (χ2v) is 7.69. The highest BCUT2D eigenvalue weighted by Crippen LogP contribution is 2.25. The molecule has 0 spiro atoms. The van der Waals surface area contributed by atoms with Crippen molar-refractivity contribution in [2.24, 2.45) is 5.92 Å². The Morgan fingerprint density at radius 2 is 1.81 bits per heavy atom. The van der Waals surface area contributed by atoms with Crippen molar-refractivity contribution in [3.8, 4) is 5.75 Å². The van der Waals surface area contributed by atoms with E-state index in [9.17, 15) is 4.79 Å². The van der Waals surface area contributed by atoms with Crippen LogP contribution in [0.15, 0.2) is 65.7 Å². The highest BCUT2D eigenvalue weighted by Gasteiger charge is 2.18. The summed E-state index contributed by atoms with van der Waals surface area (Å²) in [4.78, 5) is 17.1. The maximum atomic E-state index is 12.5. The lowest BCUT2D eigenvalue weighted by molar-refractivity contribution is -0.119. The van der Waals surface area contributed by atoms with E-state index in [4.69, 9.17) is 4.74 Å². The van der Waals surface area contributed by atoms with Gasteiger partial charge in [-0.25, -0.2) is 4.98 Å². The fourth-order valence-corrected chi connectivity index (χ4v) is 3.62. The third-order valence-electron chi connectivity index (χ3n) is 4.38. The van der Waals surface area contributed by atoms with Crippen LogP contribution in [0.5, 0.6) is 5.75 Å². The summed E-state index contributed by atoms with van der Waals surface area (Å²) >= 11 is 1.46. The maximum Gasteiger partial charge on any atom is 0.230 e. The minimum absolute atomic E-state index is 0.00415. The Hall–Kier alpha value is -2.53. The molecule has 1 N–H and O–H groups in total. The van der Waals surface area contributed by atoms with Gasteiger partial charge in [-0.3, -0.25) is 4.79 Å². The number of aromatic nitrogens is 1. The van der Waals surface area contributed by atoms with Crippen LogP contribution < -0.4 is 10.1 Å². The molecule has 1 unspecified atom stereocenters. The molecule has 0 saturated carbocycles. The molecule has 1 atom stereocenters. The highest BCUT2D eigenvalue weighted by molar-refractivity contribution is 7.99. The molecule has 140 valence electrons. The number of ether oxygens (including phenoxy) is 1. The van der Waals surface area contributed by atoms with Gasteiger partial charge in [0.25, 0.3) is 0 Å². The molecule has 0 fully saturated rings. The van der Waals surface area contributed by atoms with Crippen molar-refractivity contribution in [3.63, 3.8) is 0 Å². The second kappa shape index (κ2) is 8.91. The van der Waals surface area contributed by atoms with Crippen LogP contribution in [0, 0.1) is 5.92 Å². The Labute approximate surface area is 164 Å². The van der Waals surface area contributed by atoms with Gasteiger partial charge in [-0.15, -0.1) is 0 Å². The number of nitrogens with zero attached hydrogens (tertiary/aromatic N) is 1. The normalized spacial score (nSPS) is 12.1. The van der Waals surface area contributed by atoms with E-state index in [0.717, 1.165) is 27.2 Å². The summed E-state index contributed by atoms with van der Waals surface area (Å²) in [6.07, 6.45) is 0. The maximum absolute atomic E-state index is 12.5. The van der Waals surface area contributed by atoms with Crippen LogP contribution in [-0.4, -0.2) is 23.8 Å². The minimum Gasteiger partial charge on any atom is -0.497 e. The van der Waals surface area contributed by atoms with Gasteiger partial charge in [0.2, 0.25) is 5.91 Å². The van der Waals surface area contributed by atoms with E-state index in [2.05, 4.69) is 24.1 Å². The summed E-state index contributed by atoms with van der Waals surface area (Å²) in [6, 6.07) is 19.8. The van der Waals surface area contributed by atoms with Gasteiger partial charge >= 0.3 is 0 Å². The zero-order chi connectivity index (χ0) is 19.2. The number of amides is 1. The molecule has 1 aromatic heterocycles. The van der Waals surface area contributed by atoms with E-state index in [1.54, 1.807) is 7.11 Å². The summed E-state index contributed by atoms with van der Waals surface area (Å²) in [5.41, 5.74) is 2.02. The number of rotatable bonds is 7. The van der Waals surface area contributed by atoms with Crippen LogP contribution in [0.1, 0.15) is 25.5 Å². The number of hydrogen-bond donors (Lipinski definition) is 1. The SMILES string of the molecule is COc1ccc(C(NC(=O)CSc2ccc3ccccc3n2)C(C)C)cc1. The standard InChI is InChI=1S/C22H24N2O2S/c1-15(2)22(17-8-11-18(26-3)12-9-17)24-20(25)14-27-21-13-10-16-6-4-5-7-19(16)23-21/h4-13,15,22H,14H2,1-3H3,(H,24,25). The Bertz CT molecular complexity index is 910. The fourth-order valence-electron chi connectivity index (χ4n) is 2.93. The quantitative estimate of drug-likeness (QED) is 0.595. The molecule has 1 heterocycles. The van der Waals surface area contributed by atoms with Crippen molar-refractivity contribution in [2.75, 3.05) is 12.9 Å². The average molecular weight is 381 g/mol. The molecule has 27 heavy (non-hydrogen) atoms. The number of fused-ring (bicyclic) bond motifs is 1. The predicted octanol–water partition coefficient (Wildman–Crippen LogP) is 4.85. The molecular formula is C22H24N2O2S. The van der Waals surface area contributed by atoms with Gasteiger partial charge in [0, 0.05) is 5.39 Å². The Balaban J connectivity index is 1.63. The first-order chi connectivity index (χ1) is 13.1. The molecule has 0 aliphatic heterocycles. The van der Waals surface area contributed by atoms with Crippen LogP contribution in [0.2, 0.25) is 0 Å². The largest absolute Gasteiger partial charge is 0.497 e. The van der Waals surface area contributed by atoms with Crippen molar-refractivity contribution >= 4 is 28.6 Å². The number of carbonyl (C=O) groups excluding carboxylic acids is 1. The van der Waals surface area contributed by atoms with E-state index in [1.165, 1.54) is 11.8 Å². The first kappa shape index (κ1) is 19.2. The van der Waals surface area contributed by atoms with E-state index in [-0.39, 0.29) is 17.9 Å². The second-order valence-electron chi connectivity index (χ2n) is 6.69. The number of thioether (sulfide) groups is 1. The zero-order valence-electron chi connectivity index (χ0n) is 15.8. The third kappa shape index (κ3) is 5.01. The number of benzene rings is 2. The van der Waals surface area contributed by atoms with Crippen LogP contribution in [-0.2, 0) is 4.79 Å². The summed E-state index contributed by atoms with van der Waals surface area (Å²) in [5, 5.41) is 5.11. The van der Waals surface area contributed by atoms with Gasteiger partial charge in [-0.05, 0) is 35.7 Å². The molecule has 3 rings (SSSR count). The lowest BCUT2D eigenvalue weighted by Gasteiger charge is -2.23. The third-order valence-corrected chi connectivity index (χ3v) is 5.31. The number of nitrogens with one attached hydrogen (secondary N) is 1. The van der Waals surface area contributed by atoms with Gasteiger partial charge < -0.3 is 10.1 Å². The monoisotopic (exact) mass is 380 g/mol. The average Bonchev–Trinajstić information content (AvgIpc) is 2.70. The van der Waals surface area contributed by atoms with Gasteiger partial charge in [0.15, 0.2) is 0 Å². The first-order valence-electron chi connectivity index (χ1n) is 8.98. The summed E-state index contributed by atoms with van der Waals surface area (Å²) < 4.78 is 5.21. The molecule has 0 radical (unpaired) electrons. The number of pyridine rings is 1. The van der Waals surface area contributed by atoms with E-state index in [0.29, 0.717) is 5.75 Å². The zero-order valence-corrected chi connectivity index (χ0v) is 16.6. The van der Waals surface area contributed by atoms with Crippen molar-refractivity contribution in [1.29, 1.82) is 0 Å². The van der Waals surface area contributed by atoms with E-state index >= 15 is 0 Å². The van der Waals surface area contributed by atoms with Crippen LogP contribution in [0.25, 0.3) is 10.9 Å². The van der Waals surface area contributed by atoms with E-state index < -0.39 is 0 Å². The molecule has 3 aromatic rings. The summed E-state index contributed by atoms with van der Waals surface area (Å²) in [6.45, 7) is 4.21. The molecule has 0 aliphatic carbocycles. The van der Waals surface area contributed by atoms with Gasteiger partial charge in [0.1, 0.15) is 5.75 Å². The van der Waals surface area contributed by atoms with Crippen molar-refractivity contribution in [2.45, 2.75) is 24.9 Å². The Kier molecular flexibility index (Phi) is 6.35. The fraction of sp³-hybridized carbons (Fsp3) is 0.273. The van der Waals surface area contributed by atoms with Crippen LogP contribution >= 0.6 is 11.8 Å². The van der Waals surface area contributed by atoms with Gasteiger partial charge in [-0.2, -0.15) is 0 Å². The van der Waals surface area contributed by atoms with Crippen molar-refractivity contribution in [1.82, 2.24) is 10.3 Å². The predicted molar refractivity (Wildman–Crippen MR) is 111 cm³/mol. The molecule has 5 heteroatoms. The van der Waals surface area contributed by atoms with Crippen LogP contribution in [0.4, 0.5) is 0 Å². The van der Waals surface area contributed by atoms with Gasteiger partial charge in [0.05, 0.1) is 29.4 Å². The van der Waals surface area contributed by atoms with Gasteiger partial charge in [-0.1, -0.05) is 62.0 Å². The number of methoxy groups -OCH3 is 1. The molecule has 0 aliphatic rings. The molecule has 4 nitrogen and oxygen atoms in total. The van der Waals surface area contributed by atoms with Crippen molar-refractivity contribution in [3.05, 3.63) is 66.2 Å². The molecule has 2 aromatic carbocycles. The van der Waals surface area contributed by atoms with E-state index in [1.807, 2.05) is 60.7 Å². The minimum atomic E-state index is -0.0337. The van der Waals surface area contributed by atoms with Crippen molar-refractivity contribution < 1.29 is 9.53 Å². The molecular weight excluding hydrogens is 356 g/mol. The number of hydrogen-bond acceptors (Lipinski definition) is 4. The summed E-state index contributed by atoms with van der Waals surface area (Å²) in [5.74, 6) is 1.44. The summed E-state index contributed by atoms with van der Waals surface area (Å²) in [7, 11) is 1.65. The molecule has 0 saturated heterocycles. The molecule has 1 amide bonds. The Morgan fingerprint density at radius 3 is 2.52 bits per heavy atom. The lowest BCUT2D eigenvalue weighted by Crippen LogP contribution is -2.33. The Morgan fingerprint density at radius 1 is 1.07 bits per heavy atom. The lowest BCUT2D eigenvalue weighted by atomic mass is 9.96. The highest BCUT2D eigenvalue weighted by atomic mass is 32.2. The smallest absolute Gasteiger partial charge is 0.230 e. The molecule has 0 bridgehead atoms. The topological polar surface area (TPSA) is 51.2 Å². The number of para-hydroxylation sites is 1. The first-order valence-corrected chi connectivity index (χ1v) is 9.97. The number of carbonyl (C=O) groups is 1.